The molecule has 1 saturated carbocycles. The Morgan fingerprint density at radius 1 is 1.03 bits per heavy atom. The quantitative estimate of drug-likeness (QED) is 0.526. The van der Waals surface area contributed by atoms with Crippen LogP contribution >= 0.6 is 0 Å². The third-order valence-corrected chi connectivity index (χ3v) is 6.16. The summed E-state index contributed by atoms with van der Waals surface area (Å²) in [6, 6.07) is 8.16. The van der Waals surface area contributed by atoms with Crippen LogP contribution in [0.15, 0.2) is 33.3 Å². The maximum Gasteiger partial charge on any atom is 0.227 e. The van der Waals surface area contributed by atoms with E-state index in [4.69, 9.17) is 9.05 Å². The van der Waals surface area contributed by atoms with Crippen molar-refractivity contribution in [3.8, 4) is 11.4 Å². The van der Waals surface area contributed by atoms with Gasteiger partial charge in [-0.2, -0.15) is 9.97 Å². The lowest BCUT2D eigenvalue weighted by molar-refractivity contribution is -0.123. The van der Waals surface area contributed by atoms with Gasteiger partial charge >= 0.3 is 0 Å². The van der Waals surface area contributed by atoms with Gasteiger partial charge in [0.25, 0.3) is 0 Å². The van der Waals surface area contributed by atoms with E-state index in [2.05, 4.69) is 51.6 Å². The predicted octanol–water partition coefficient (Wildman–Crippen LogP) is 4.85. The van der Waals surface area contributed by atoms with Crippen molar-refractivity contribution >= 4 is 5.91 Å². The van der Waals surface area contributed by atoms with E-state index in [1.807, 2.05) is 12.1 Å². The van der Waals surface area contributed by atoms with Crippen LogP contribution in [0.1, 0.15) is 87.9 Å². The SMILES string of the molecule is Cc1nc(C2(NC(=O)CCc3nc(-c4ccc(C(C)C)cc4)no3)CCCCCC2)no1. The third-order valence-electron chi connectivity index (χ3n) is 6.16. The summed E-state index contributed by atoms with van der Waals surface area (Å²) in [6.45, 7) is 6.09. The number of aromatic nitrogens is 4. The van der Waals surface area contributed by atoms with Gasteiger partial charge in [0.2, 0.25) is 23.5 Å². The lowest BCUT2D eigenvalue weighted by atomic mass is 9.89. The van der Waals surface area contributed by atoms with Crippen molar-refractivity contribution in [2.75, 3.05) is 0 Å². The molecule has 4 rings (SSSR count). The van der Waals surface area contributed by atoms with E-state index in [1.54, 1.807) is 6.92 Å². The Balaban J connectivity index is 1.39. The zero-order chi connectivity index (χ0) is 22.6. The fourth-order valence-electron chi connectivity index (χ4n) is 4.27. The van der Waals surface area contributed by atoms with Gasteiger partial charge in [-0.15, -0.1) is 0 Å². The molecule has 1 aliphatic carbocycles. The monoisotopic (exact) mass is 437 g/mol. The standard InChI is InChI=1S/C24H31N5O3/c1-16(2)18-8-10-19(11-9-18)22-26-21(32-28-22)13-12-20(30)27-24(14-6-4-5-7-15-24)23-25-17(3)31-29-23/h8-11,16H,4-7,12-15H2,1-3H3,(H,27,30). The molecule has 170 valence electrons. The van der Waals surface area contributed by atoms with Gasteiger partial charge in [-0.3, -0.25) is 4.79 Å². The number of carbonyl (C=O) groups is 1. The molecule has 3 aromatic rings. The number of hydrogen-bond acceptors (Lipinski definition) is 7. The van der Waals surface area contributed by atoms with Gasteiger partial charge < -0.3 is 14.4 Å². The summed E-state index contributed by atoms with van der Waals surface area (Å²) in [5.41, 5.74) is 1.60. The minimum absolute atomic E-state index is 0.0737. The van der Waals surface area contributed by atoms with Crippen molar-refractivity contribution in [2.24, 2.45) is 0 Å². The zero-order valence-corrected chi connectivity index (χ0v) is 19.1. The third kappa shape index (κ3) is 5.06. The number of hydrogen-bond donors (Lipinski definition) is 1. The maximum atomic E-state index is 12.9. The molecule has 0 radical (unpaired) electrons. The molecule has 0 saturated heterocycles. The Morgan fingerprint density at radius 3 is 2.38 bits per heavy atom. The second-order valence-electron chi connectivity index (χ2n) is 8.97. The number of benzene rings is 1. The molecule has 0 spiro atoms. The van der Waals surface area contributed by atoms with E-state index >= 15 is 0 Å². The number of amides is 1. The van der Waals surface area contributed by atoms with Crippen LogP contribution in [0.4, 0.5) is 0 Å². The maximum absolute atomic E-state index is 12.9. The summed E-state index contributed by atoms with van der Waals surface area (Å²) < 4.78 is 10.6. The first-order valence-electron chi connectivity index (χ1n) is 11.5. The largest absolute Gasteiger partial charge is 0.343 e. The van der Waals surface area contributed by atoms with Crippen LogP contribution in [-0.4, -0.2) is 26.2 Å². The smallest absolute Gasteiger partial charge is 0.227 e. The summed E-state index contributed by atoms with van der Waals surface area (Å²) in [4.78, 5) is 21.8. The number of rotatable bonds is 7. The molecule has 32 heavy (non-hydrogen) atoms. The first-order valence-corrected chi connectivity index (χ1v) is 11.5. The van der Waals surface area contributed by atoms with E-state index in [0.717, 1.165) is 44.1 Å². The van der Waals surface area contributed by atoms with Crippen molar-refractivity contribution in [3.63, 3.8) is 0 Å². The van der Waals surface area contributed by atoms with Crippen LogP contribution in [0.25, 0.3) is 11.4 Å². The molecule has 1 aliphatic rings. The number of aryl methyl sites for hydroxylation is 2. The summed E-state index contributed by atoms with van der Waals surface area (Å²) in [5.74, 6) is 2.48. The minimum Gasteiger partial charge on any atom is -0.343 e. The average Bonchev–Trinajstić information content (AvgIpc) is 3.38. The highest BCUT2D eigenvalue weighted by Gasteiger charge is 2.38. The topological polar surface area (TPSA) is 107 Å². The van der Waals surface area contributed by atoms with Gasteiger partial charge in [0, 0.05) is 25.3 Å². The molecule has 8 nitrogen and oxygen atoms in total. The van der Waals surface area contributed by atoms with Gasteiger partial charge in [-0.25, -0.2) is 0 Å². The highest BCUT2D eigenvalue weighted by molar-refractivity contribution is 5.77. The van der Waals surface area contributed by atoms with Crippen LogP contribution in [0.3, 0.4) is 0 Å². The van der Waals surface area contributed by atoms with Gasteiger partial charge in [0.15, 0.2) is 5.82 Å². The van der Waals surface area contributed by atoms with Crippen molar-refractivity contribution in [2.45, 2.75) is 83.6 Å². The summed E-state index contributed by atoms with van der Waals surface area (Å²) >= 11 is 0. The molecule has 8 heteroatoms. The Kier molecular flexibility index (Phi) is 6.67. The van der Waals surface area contributed by atoms with Crippen molar-refractivity contribution in [3.05, 3.63) is 47.4 Å². The molecule has 1 N–H and O–H groups in total. The molecule has 1 amide bonds. The lowest BCUT2D eigenvalue weighted by Gasteiger charge is -2.30. The molecule has 0 unspecified atom stereocenters. The Labute approximate surface area is 188 Å². The second kappa shape index (κ2) is 9.63. The van der Waals surface area contributed by atoms with E-state index < -0.39 is 5.54 Å². The van der Waals surface area contributed by atoms with Crippen LogP contribution < -0.4 is 5.32 Å². The molecular weight excluding hydrogens is 406 g/mol. The number of nitrogens with zero attached hydrogens (tertiary/aromatic N) is 4. The van der Waals surface area contributed by atoms with Crippen LogP contribution in [0.5, 0.6) is 0 Å². The van der Waals surface area contributed by atoms with Gasteiger partial charge in [-0.05, 0) is 24.3 Å². The summed E-state index contributed by atoms with van der Waals surface area (Å²) in [6.07, 6.45) is 6.61. The molecule has 0 bridgehead atoms. The highest BCUT2D eigenvalue weighted by atomic mass is 16.5. The Morgan fingerprint density at radius 2 is 1.75 bits per heavy atom. The van der Waals surface area contributed by atoms with Crippen LogP contribution in [-0.2, 0) is 16.8 Å². The average molecular weight is 438 g/mol. The zero-order valence-electron chi connectivity index (χ0n) is 19.1. The van der Waals surface area contributed by atoms with E-state index in [-0.39, 0.29) is 12.3 Å². The second-order valence-corrected chi connectivity index (χ2v) is 8.97. The van der Waals surface area contributed by atoms with Gasteiger partial charge in [0.1, 0.15) is 5.54 Å². The summed E-state index contributed by atoms with van der Waals surface area (Å²) in [7, 11) is 0. The first kappa shape index (κ1) is 22.2. The molecule has 2 aromatic heterocycles. The molecule has 0 aliphatic heterocycles. The fourth-order valence-corrected chi connectivity index (χ4v) is 4.27. The normalized spacial score (nSPS) is 16.1. The van der Waals surface area contributed by atoms with Crippen molar-refractivity contribution in [1.82, 2.24) is 25.6 Å². The Bertz CT molecular complexity index is 1030. The first-order chi connectivity index (χ1) is 15.4. The molecular formula is C24H31N5O3. The predicted molar refractivity (Wildman–Crippen MR) is 119 cm³/mol. The molecule has 1 fully saturated rings. The van der Waals surface area contributed by atoms with Crippen LogP contribution in [0.2, 0.25) is 0 Å². The highest BCUT2D eigenvalue weighted by Crippen LogP contribution is 2.34. The lowest BCUT2D eigenvalue weighted by Crippen LogP contribution is -2.46. The van der Waals surface area contributed by atoms with E-state index in [0.29, 0.717) is 35.8 Å². The minimum atomic E-state index is -0.566. The number of nitrogens with one attached hydrogen (secondary N) is 1. The van der Waals surface area contributed by atoms with Crippen LogP contribution in [0, 0.1) is 6.92 Å². The van der Waals surface area contributed by atoms with Crippen molar-refractivity contribution in [1.29, 1.82) is 0 Å². The summed E-state index contributed by atoms with van der Waals surface area (Å²) in [5, 5.41) is 11.4. The van der Waals surface area contributed by atoms with E-state index in [9.17, 15) is 4.79 Å². The van der Waals surface area contributed by atoms with Crippen molar-refractivity contribution < 1.29 is 13.8 Å². The van der Waals surface area contributed by atoms with Gasteiger partial charge in [-0.1, -0.05) is 74.1 Å². The molecule has 2 heterocycles. The fraction of sp³-hybridized carbons (Fsp3) is 0.542. The van der Waals surface area contributed by atoms with E-state index in [1.165, 1.54) is 5.56 Å². The number of carbonyl (C=O) groups excluding carboxylic acids is 1. The van der Waals surface area contributed by atoms with Gasteiger partial charge in [0.05, 0.1) is 0 Å². The Hall–Kier alpha value is -3.03. The molecule has 1 aromatic carbocycles. The molecule has 0 atom stereocenters.